The fraction of sp³-hybridized carbons (Fsp3) is 0.417. The van der Waals surface area contributed by atoms with Gasteiger partial charge in [-0.1, -0.05) is 6.07 Å². The maximum Gasteiger partial charge on any atom is 0.0946 e. The van der Waals surface area contributed by atoms with Gasteiger partial charge in [0.15, 0.2) is 0 Å². The van der Waals surface area contributed by atoms with Crippen molar-refractivity contribution in [2.75, 3.05) is 13.6 Å². The van der Waals surface area contributed by atoms with Crippen molar-refractivity contribution in [2.24, 2.45) is 12.8 Å². The summed E-state index contributed by atoms with van der Waals surface area (Å²) in [7, 11) is 4.11. The molecule has 0 saturated heterocycles. The second-order valence-electron chi connectivity index (χ2n) is 4.18. The second-order valence-corrected chi connectivity index (χ2v) is 5.21. The van der Waals surface area contributed by atoms with Gasteiger partial charge in [-0.3, -0.25) is 4.90 Å². The van der Waals surface area contributed by atoms with Gasteiger partial charge in [0.05, 0.1) is 18.1 Å². The Kier molecular flexibility index (Phi) is 3.93. The number of aryl methyl sites for hydroxylation is 1. The molecule has 0 aliphatic carbocycles. The summed E-state index contributed by atoms with van der Waals surface area (Å²) >= 11 is 1.78. The molecule has 0 radical (unpaired) electrons. The molecule has 17 heavy (non-hydrogen) atoms. The third-order valence-corrected chi connectivity index (χ3v) is 3.80. The van der Waals surface area contributed by atoms with Gasteiger partial charge >= 0.3 is 0 Å². The standard InChI is InChI=1S/C12H18N4S/c1-15(8-10-4-3-5-17-10)11(6-13)12-7-14-9-16(12)2/h3-5,7,9,11H,6,8,13H2,1-2H3. The van der Waals surface area contributed by atoms with E-state index in [4.69, 9.17) is 5.73 Å². The van der Waals surface area contributed by atoms with E-state index in [1.807, 2.05) is 24.1 Å². The van der Waals surface area contributed by atoms with Crippen LogP contribution in [-0.4, -0.2) is 28.0 Å². The molecule has 0 aliphatic heterocycles. The van der Waals surface area contributed by atoms with E-state index in [0.717, 1.165) is 12.2 Å². The molecule has 2 aromatic rings. The van der Waals surface area contributed by atoms with Gasteiger partial charge in [0.25, 0.3) is 0 Å². The van der Waals surface area contributed by atoms with Crippen LogP contribution < -0.4 is 5.73 Å². The molecule has 4 nitrogen and oxygen atoms in total. The molecule has 0 saturated carbocycles. The fourth-order valence-electron chi connectivity index (χ4n) is 1.97. The van der Waals surface area contributed by atoms with Crippen LogP contribution >= 0.6 is 11.3 Å². The minimum absolute atomic E-state index is 0.213. The maximum atomic E-state index is 5.88. The minimum Gasteiger partial charge on any atom is -0.336 e. The number of thiophene rings is 1. The summed E-state index contributed by atoms with van der Waals surface area (Å²) in [4.78, 5) is 7.77. The smallest absolute Gasteiger partial charge is 0.0946 e. The largest absolute Gasteiger partial charge is 0.336 e. The first-order valence-corrected chi connectivity index (χ1v) is 6.49. The van der Waals surface area contributed by atoms with Crippen LogP contribution in [0.4, 0.5) is 0 Å². The molecule has 1 atom stereocenters. The predicted molar refractivity (Wildman–Crippen MR) is 70.8 cm³/mol. The summed E-state index contributed by atoms with van der Waals surface area (Å²) in [6, 6.07) is 4.44. The molecule has 92 valence electrons. The van der Waals surface area contributed by atoms with Crippen molar-refractivity contribution in [1.29, 1.82) is 0 Å². The Morgan fingerprint density at radius 2 is 2.41 bits per heavy atom. The zero-order valence-electron chi connectivity index (χ0n) is 10.2. The van der Waals surface area contributed by atoms with E-state index in [-0.39, 0.29) is 6.04 Å². The molecule has 0 aliphatic rings. The van der Waals surface area contributed by atoms with E-state index in [1.165, 1.54) is 4.88 Å². The fourth-order valence-corrected chi connectivity index (χ4v) is 2.74. The highest BCUT2D eigenvalue weighted by Crippen LogP contribution is 2.21. The molecule has 1 unspecified atom stereocenters. The first kappa shape index (κ1) is 12.3. The molecular formula is C12H18N4S. The quantitative estimate of drug-likeness (QED) is 0.877. The molecule has 2 rings (SSSR count). The topological polar surface area (TPSA) is 47.1 Å². The van der Waals surface area contributed by atoms with Crippen molar-refractivity contribution in [3.63, 3.8) is 0 Å². The van der Waals surface area contributed by atoms with Crippen molar-refractivity contribution in [3.8, 4) is 0 Å². The Morgan fingerprint density at radius 1 is 1.59 bits per heavy atom. The van der Waals surface area contributed by atoms with Gasteiger partial charge in [-0.25, -0.2) is 4.98 Å². The minimum atomic E-state index is 0.213. The molecule has 2 heterocycles. The molecule has 5 heteroatoms. The lowest BCUT2D eigenvalue weighted by Gasteiger charge is -2.26. The first-order valence-electron chi connectivity index (χ1n) is 5.61. The molecule has 2 aromatic heterocycles. The highest BCUT2D eigenvalue weighted by atomic mass is 32.1. The summed E-state index contributed by atoms with van der Waals surface area (Å²) < 4.78 is 2.03. The van der Waals surface area contributed by atoms with Crippen LogP contribution in [0.25, 0.3) is 0 Å². The molecule has 0 bridgehead atoms. The van der Waals surface area contributed by atoms with Crippen LogP contribution in [0.2, 0.25) is 0 Å². The molecule has 0 amide bonds. The lowest BCUT2D eigenvalue weighted by molar-refractivity contribution is 0.236. The van der Waals surface area contributed by atoms with Crippen LogP contribution in [-0.2, 0) is 13.6 Å². The van der Waals surface area contributed by atoms with Crippen LogP contribution in [0.5, 0.6) is 0 Å². The van der Waals surface area contributed by atoms with Gasteiger partial charge in [0.2, 0.25) is 0 Å². The average molecular weight is 250 g/mol. The number of aromatic nitrogens is 2. The van der Waals surface area contributed by atoms with Gasteiger partial charge in [0.1, 0.15) is 0 Å². The summed E-state index contributed by atoms with van der Waals surface area (Å²) in [5, 5.41) is 2.10. The molecule has 0 aromatic carbocycles. The van der Waals surface area contributed by atoms with Gasteiger partial charge in [0, 0.05) is 31.2 Å². The van der Waals surface area contributed by atoms with Gasteiger partial charge < -0.3 is 10.3 Å². The third kappa shape index (κ3) is 2.74. The van der Waals surface area contributed by atoms with Gasteiger partial charge in [-0.2, -0.15) is 0 Å². The zero-order valence-corrected chi connectivity index (χ0v) is 11.0. The van der Waals surface area contributed by atoms with Crippen LogP contribution in [0.15, 0.2) is 30.0 Å². The van der Waals surface area contributed by atoms with E-state index < -0.39 is 0 Å². The maximum absolute atomic E-state index is 5.88. The van der Waals surface area contributed by atoms with Crippen molar-refractivity contribution in [1.82, 2.24) is 14.5 Å². The summed E-state index contributed by atoms with van der Waals surface area (Å²) in [6.45, 7) is 1.52. The number of hydrogen-bond acceptors (Lipinski definition) is 4. The van der Waals surface area contributed by atoms with Crippen molar-refractivity contribution < 1.29 is 0 Å². The highest BCUT2D eigenvalue weighted by Gasteiger charge is 2.18. The molecule has 0 spiro atoms. The number of likely N-dealkylation sites (N-methyl/N-ethyl adjacent to an activating group) is 1. The third-order valence-electron chi connectivity index (χ3n) is 2.94. The van der Waals surface area contributed by atoms with E-state index in [0.29, 0.717) is 6.54 Å². The van der Waals surface area contributed by atoms with Crippen LogP contribution in [0.1, 0.15) is 16.6 Å². The number of nitrogens with two attached hydrogens (primary N) is 1. The number of hydrogen-bond donors (Lipinski definition) is 1. The highest BCUT2D eigenvalue weighted by molar-refractivity contribution is 7.09. The predicted octanol–water partition coefficient (Wildman–Crippen LogP) is 1.61. The van der Waals surface area contributed by atoms with E-state index in [9.17, 15) is 0 Å². The number of nitrogens with zero attached hydrogens (tertiary/aromatic N) is 3. The number of rotatable bonds is 5. The summed E-state index contributed by atoms with van der Waals surface area (Å²) in [5.41, 5.74) is 7.04. The molecule has 0 fully saturated rings. The van der Waals surface area contributed by atoms with Crippen LogP contribution in [0.3, 0.4) is 0 Å². The molecule has 2 N–H and O–H groups in total. The normalized spacial score (nSPS) is 13.2. The Balaban J connectivity index is 2.11. The SMILES string of the molecule is CN(Cc1cccs1)C(CN)c1cncn1C. The van der Waals surface area contributed by atoms with E-state index in [1.54, 1.807) is 11.3 Å². The Labute approximate surface area is 106 Å². The average Bonchev–Trinajstić information content (AvgIpc) is 2.92. The number of imidazole rings is 1. The van der Waals surface area contributed by atoms with E-state index >= 15 is 0 Å². The first-order chi connectivity index (χ1) is 8.22. The Bertz CT molecular complexity index is 449. The van der Waals surface area contributed by atoms with E-state index in [2.05, 4.69) is 34.4 Å². The lowest BCUT2D eigenvalue weighted by atomic mass is 10.2. The van der Waals surface area contributed by atoms with Crippen molar-refractivity contribution >= 4 is 11.3 Å². The Morgan fingerprint density at radius 3 is 2.94 bits per heavy atom. The van der Waals surface area contributed by atoms with Crippen molar-refractivity contribution in [3.05, 3.63) is 40.6 Å². The Hall–Kier alpha value is -1.17. The summed E-state index contributed by atoms with van der Waals surface area (Å²) in [5.74, 6) is 0. The summed E-state index contributed by atoms with van der Waals surface area (Å²) in [6.07, 6.45) is 3.71. The molecular weight excluding hydrogens is 232 g/mol. The van der Waals surface area contributed by atoms with Gasteiger partial charge in [-0.05, 0) is 18.5 Å². The monoisotopic (exact) mass is 250 g/mol. The van der Waals surface area contributed by atoms with Gasteiger partial charge in [-0.15, -0.1) is 11.3 Å². The second kappa shape index (κ2) is 5.44. The van der Waals surface area contributed by atoms with Crippen molar-refractivity contribution in [2.45, 2.75) is 12.6 Å². The van der Waals surface area contributed by atoms with Crippen LogP contribution in [0, 0.1) is 0 Å². The lowest BCUT2D eigenvalue weighted by Crippen LogP contribution is -2.31. The zero-order chi connectivity index (χ0) is 12.3.